The zero-order chi connectivity index (χ0) is 24.0. The van der Waals surface area contributed by atoms with Crippen LogP contribution in [0.5, 0.6) is 0 Å². The number of aromatic nitrogens is 2. The number of carbonyl (C=O) groups is 2. The molecule has 0 unspecified atom stereocenters. The van der Waals surface area contributed by atoms with Crippen molar-refractivity contribution in [2.75, 3.05) is 31.0 Å². The Balaban J connectivity index is 2.09. The molecule has 0 aliphatic rings. The molecule has 11 heteroatoms. The Hall–Kier alpha value is -4.54. The number of methoxy groups -OCH3 is 1. The number of nitrogens with one attached hydrogen (secondary N) is 1. The van der Waals surface area contributed by atoms with Crippen LogP contribution in [-0.2, 0) is 9.47 Å². The zero-order valence-corrected chi connectivity index (χ0v) is 18.1. The van der Waals surface area contributed by atoms with Gasteiger partial charge in [-0.1, -0.05) is 24.3 Å². The van der Waals surface area contributed by atoms with Crippen molar-refractivity contribution in [2.45, 2.75) is 6.92 Å². The van der Waals surface area contributed by atoms with Gasteiger partial charge in [-0.15, -0.1) is 0 Å². The quantitative estimate of drug-likeness (QED) is 0.305. The monoisotopic (exact) mass is 451 g/mol. The van der Waals surface area contributed by atoms with E-state index in [1.807, 2.05) is 0 Å². The van der Waals surface area contributed by atoms with Gasteiger partial charge in [-0.3, -0.25) is 10.1 Å². The van der Waals surface area contributed by atoms with Crippen LogP contribution < -0.4 is 10.2 Å². The minimum absolute atomic E-state index is 0.0672. The molecule has 0 bridgehead atoms. The number of carbonyl (C=O) groups excluding carboxylic acids is 2. The Kier molecular flexibility index (Phi) is 7.13. The molecule has 0 amide bonds. The highest BCUT2D eigenvalue weighted by Crippen LogP contribution is 2.37. The molecule has 0 spiro atoms. The Bertz CT molecular complexity index is 1200. The van der Waals surface area contributed by atoms with Crippen LogP contribution in [0.25, 0.3) is 0 Å². The fourth-order valence-electron chi connectivity index (χ4n) is 3.14. The minimum atomic E-state index is -0.637. The van der Waals surface area contributed by atoms with Gasteiger partial charge in [0, 0.05) is 7.05 Å². The van der Waals surface area contributed by atoms with Gasteiger partial charge < -0.3 is 19.7 Å². The van der Waals surface area contributed by atoms with Crippen molar-refractivity contribution in [1.29, 1.82) is 0 Å². The average molecular weight is 451 g/mol. The van der Waals surface area contributed by atoms with Crippen LogP contribution in [-0.4, -0.2) is 47.6 Å². The summed E-state index contributed by atoms with van der Waals surface area (Å²) < 4.78 is 9.86. The topological polar surface area (TPSA) is 137 Å². The average Bonchev–Trinajstić information content (AvgIpc) is 2.83. The first-order valence-corrected chi connectivity index (χ1v) is 9.82. The zero-order valence-electron chi connectivity index (χ0n) is 18.1. The summed E-state index contributed by atoms with van der Waals surface area (Å²) in [6, 6.07) is 12.9. The molecule has 1 heterocycles. The van der Waals surface area contributed by atoms with Crippen molar-refractivity contribution in [1.82, 2.24) is 9.97 Å². The molecule has 33 heavy (non-hydrogen) atoms. The summed E-state index contributed by atoms with van der Waals surface area (Å²) in [6.07, 6.45) is 1.15. The number of anilines is 4. The van der Waals surface area contributed by atoms with E-state index in [4.69, 9.17) is 9.47 Å². The maximum Gasteiger partial charge on any atom is 0.354 e. The van der Waals surface area contributed by atoms with E-state index in [1.165, 1.54) is 25.1 Å². The number of nitrogens with zero attached hydrogens (tertiary/aromatic N) is 4. The van der Waals surface area contributed by atoms with Gasteiger partial charge in [0.05, 0.1) is 41.1 Å². The normalized spacial score (nSPS) is 10.3. The van der Waals surface area contributed by atoms with E-state index in [-0.39, 0.29) is 35.1 Å². The summed E-state index contributed by atoms with van der Waals surface area (Å²) in [6.45, 7) is 1.85. The molecule has 0 radical (unpaired) electrons. The summed E-state index contributed by atoms with van der Waals surface area (Å²) in [5.74, 6) is -1.39. The largest absolute Gasteiger partial charge is 0.465 e. The number of benzene rings is 2. The molecular weight excluding hydrogens is 430 g/mol. The van der Waals surface area contributed by atoms with E-state index in [9.17, 15) is 19.7 Å². The van der Waals surface area contributed by atoms with Crippen molar-refractivity contribution >= 4 is 40.6 Å². The molecule has 170 valence electrons. The molecular formula is C22H21N5O6. The maximum absolute atomic E-state index is 12.3. The molecule has 1 aromatic heterocycles. The predicted octanol–water partition coefficient (Wildman–Crippen LogP) is 3.86. The SMILES string of the molecule is CCOC(=O)c1ccccc1Nc1ncnc(N(C)c2ccccc2C(=O)OC)c1[N+](=O)[O-]. The first kappa shape index (κ1) is 23.1. The number of nitro groups is 1. The van der Waals surface area contributed by atoms with Crippen LogP contribution in [0.3, 0.4) is 0 Å². The van der Waals surface area contributed by atoms with E-state index in [0.29, 0.717) is 5.69 Å². The Morgan fingerprint density at radius 1 is 1.06 bits per heavy atom. The standard InChI is InChI=1S/C22H21N5O6/c1-4-33-22(29)14-9-5-7-11-16(14)25-19-18(27(30)31)20(24-13-23-19)26(2)17-12-8-6-10-15(17)21(28)32-3/h5-13H,4H2,1-3H3,(H,23,24,25). The third-order valence-corrected chi connectivity index (χ3v) is 4.65. The van der Waals surface area contributed by atoms with Crippen molar-refractivity contribution < 1.29 is 24.0 Å². The molecule has 0 saturated heterocycles. The maximum atomic E-state index is 12.3. The van der Waals surface area contributed by atoms with E-state index >= 15 is 0 Å². The van der Waals surface area contributed by atoms with Crippen molar-refractivity contribution in [3.8, 4) is 0 Å². The van der Waals surface area contributed by atoms with Gasteiger partial charge in [0.2, 0.25) is 11.6 Å². The second kappa shape index (κ2) is 10.2. The highest BCUT2D eigenvalue weighted by Gasteiger charge is 2.29. The number of esters is 2. The number of para-hydroxylation sites is 2. The molecule has 2 aromatic carbocycles. The summed E-state index contributed by atoms with van der Waals surface area (Å²) in [7, 11) is 2.78. The number of ether oxygens (including phenoxy) is 2. The van der Waals surface area contributed by atoms with Crippen LogP contribution >= 0.6 is 0 Å². The van der Waals surface area contributed by atoms with Gasteiger partial charge in [0.15, 0.2) is 0 Å². The van der Waals surface area contributed by atoms with Gasteiger partial charge in [0.1, 0.15) is 6.33 Å². The third-order valence-electron chi connectivity index (χ3n) is 4.65. The van der Waals surface area contributed by atoms with E-state index in [1.54, 1.807) is 49.4 Å². The van der Waals surface area contributed by atoms with Crippen molar-refractivity contribution in [3.63, 3.8) is 0 Å². The summed E-state index contributed by atoms with van der Waals surface area (Å²) in [5, 5.41) is 14.9. The van der Waals surface area contributed by atoms with Gasteiger partial charge in [-0.2, -0.15) is 0 Å². The lowest BCUT2D eigenvalue weighted by Crippen LogP contribution is -2.18. The molecule has 3 rings (SSSR count). The first-order valence-electron chi connectivity index (χ1n) is 9.82. The van der Waals surface area contributed by atoms with Crippen LogP contribution in [0.1, 0.15) is 27.6 Å². The van der Waals surface area contributed by atoms with Crippen molar-refractivity contribution in [2.24, 2.45) is 0 Å². The highest BCUT2D eigenvalue weighted by molar-refractivity contribution is 5.98. The lowest BCUT2D eigenvalue weighted by molar-refractivity contribution is -0.383. The van der Waals surface area contributed by atoms with Gasteiger partial charge in [-0.25, -0.2) is 19.6 Å². The fraction of sp³-hybridized carbons (Fsp3) is 0.182. The van der Waals surface area contributed by atoms with E-state index < -0.39 is 22.5 Å². The van der Waals surface area contributed by atoms with Crippen molar-refractivity contribution in [3.05, 3.63) is 76.1 Å². The summed E-state index contributed by atoms with van der Waals surface area (Å²) in [5.41, 5.74) is 0.583. The fourth-order valence-corrected chi connectivity index (χ4v) is 3.14. The van der Waals surface area contributed by atoms with Crippen LogP contribution in [0, 0.1) is 10.1 Å². The summed E-state index contributed by atoms with van der Waals surface area (Å²) >= 11 is 0. The lowest BCUT2D eigenvalue weighted by Gasteiger charge is -2.21. The lowest BCUT2D eigenvalue weighted by atomic mass is 10.1. The van der Waals surface area contributed by atoms with Gasteiger partial charge >= 0.3 is 17.6 Å². The molecule has 0 fully saturated rings. The molecule has 0 aliphatic carbocycles. The minimum Gasteiger partial charge on any atom is -0.465 e. The smallest absolute Gasteiger partial charge is 0.354 e. The molecule has 0 aliphatic heterocycles. The second-order valence-corrected chi connectivity index (χ2v) is 6.61. The molecule has 0 saturated carbocycles. The van der Waals surface area contributed by atoms with Crippen LogP contribution in [0.2, 0.25) is 0 Å². The number of hydrogen-bond donors (Lipinski definition) is 1. The molecule has 0 atom stereocenters. The van der Waals surface area contributed by atoms with E-state index in [2.05, 4.69) is 15.3 Å². The van der Waals surface area contributed by atoms with Gasteiger partial charge in [-0.05, 0) is 31.2 Å². The Labute approximate surface area is 189 Å². The number of rotatable bonds is 8. The second-order valence-electron chi connectivity index (χ2n) is 6.61. The Morgan fingerprint density at radius 3 is 2.39 bits per heavy atom. The summed E-state index contributed by atoms with van der Waals surface area (Å²) in [4.78, 5) is 45.4. The van der Waals surface area contributed by atoms with Crippen LogP contribution in [0.4, 0.5) is 28.7 Å². The predicted molar refractivity (Wildman–Crippen MR) is 120 cm³/mol. The molecule has 3 aromatic rings. The highest BCUT2D eigenvalue weighted by atomic mass is 16.6. The number of hydrogen-bond acceptors (Lipinski definition) is 10. The van der Waals surface area contributed by atoms with E-state index in [0.717, 1.165) is 6.33 Å². The van der Waals surface area contributed by atoms with Gasteiger partial charge in [0.25, 0.3) is 0 Å². The molecule has 1 N–H and O–H groups in total. The molecule has 11 nitrogen and oxygen atoms in total. The Morgan fingerprint density at radius 2 is 1.73 bits per heavy atom. The first-order chi connectivity index (χ1) is 15.9. The van der Waals surface area contributed by atoms with Crippen LogP contribution in [0.15, 0.2) is 54.9 Å². The third kappa shape index (κ3) is 4.87.